The maximum absolute atomic E-state index is 11.3. The topological polar surface area (TPSA) is 45.8 Å². The van der Waals surface area contributed by atoms with Crippen LogP contribution in [0.3, 0.4) is 0 Å². The summed E-state index contributed by atoms with van der Waals surface area (Å²) in [6.07, 6.45) is 3.26. The number of ketones is 1. The maximum Gasteiger partial charge on any atom is 0.132 e. The highest BCUT2D eigenvalue weighted by Crippen LogP contribution is 2.32. The summed E-state index contributed by atoms with van der Waals surface area (Å²) >= 11 is 0. The van der Waals surface area contributed by atoms with Gasteiger partial charge in [-0.2, -0.15) is 0 Å². The molecule has 1 aromatic carbocycles. The number of aromatic nitrogens is 2. The number of hydrogen-bond donors (Lipinski definition) is 1. The first-order valence-corrected chi connectivity index (χ1v) is 7.28. The lowest BCUT2D eigenvalue weighted by Gasteiger charge is -2.18. The zero-order chi connectivity index (χ0) is 14.1. The summed E-state index contributed by atoms with van der Waals surface area (Å²) in [7, 11) is 0. The van der Waals surface area contributed by atoms with Crippen molar-refractivity contribution in [3.63, 3.8) is 0 Å². The number of H-pyrrole nitrogens is 1. The molecule has 3 nitrogen and oxygen atoms in total. The molecule has 0 amide bonds. The Morgan fingerprint density at radius 3 is 2.65 bits per heavy atom. The summed E-state index contributed by atoms with van der Waals surface area (Å²) < 4.78 is 0. The van der Waals surface area contributed by atoms with Crippen LogP contribution in [-0.2, 0) is 4.79 Å². The zero-order valence-electron chi connectivity index (χ0n) is 12.1. The van der Waals surface area contributed by atoms with Gasteiger partial charge in [0.15, 0.2) is 0 Å². The van der Waals surface area contributed by atoms with Crippen molar-refractivity contribution in [2.24, 2.45) is 0 Å². The number of Topliss-reactive ketones (excluding diaryl/α,β-unsaturated/α-hetero) is 1. The summed E-state index contributed by atoms with van der Waals surface area (Å²) in [6.45, 7) is 4.17. The smallest absolute Gasteiger partial charge is 0.132 e. The minimum Gasteiger partial charge on any atom is -0.345 e. The van der Waals surface area contributed by atoms with E-state index >= 15 is 0 Å². The van der Waals surface area contributed by atoms with Crippen molar-refractivity contribution in [3.05, 3.63) is 41.3 Å². The fourth-order valence-electron chi connectivity index (χ4n) is 2.96. The number of hydrogen-bond acceptors (Lipinski definition) is 2. The number of imidazole rings is 1. The van der Waals surface area contributed by atoms with Gasteiger partial charge in [-0.05, 0) is 32.8 Å². The molecule has 1 aromatic heterocycles. The molecule has 2 aromatic rings. The largest absolute Gasteiger partial charge is 0.345 e. The zero-order valence-corrected chi connectivity index (χ0v) is 12.1. The Balaban J connectivity index is 1.89. The molecule has 1 aliphatic rings. The summed E-state index contributed by atoms with van der Waals surface area (Å²) in [6, 6.07) is 8.43. The van der Waals surface area contributed by atoms with Gasteiger partial charge in [0.2, 0.25) is 0 Å². The van der Waals surface area contributed by atoms with Crippen LogP contribution < -0.4 is 0 Å². The summed E-state index contributed by atoms with van der Waals surface area (Å²) in [5, 5.41) is 0. The Morgan fingerprint density at radius 2 is 1.95 bits per heavy atom. The lowest BCUT2D eigenvalue weighted by Crippen LogP contribution is -2.13. The third-order valence-corrected chi connectivity index (χ3v) is 4.12. The predicted octanol–water partition coefficient (Wildman–Crippen LogP) is 3.92. The van der Waals surface area contributed by atoms with E-state index in [0.29, 0.717) is 24.5 Å². The van der Waals surface area contributed by atoms with Gasteiger partial charge in [-0.25, -0.2) is 4.98 Å². The molecule has 1 aliphatic carbocycles. The van der Waals surface area contributed by atoms with Crippen LogP contribution in [0.2, 0.25) is 0 Å². The molecule has 1 fully saturated rings. The average molecular weight is 268 g/mol. The molecule has 1 heterocycles. The number of aromatic amines is 1. The van der Waals surface area contributed by atoms with Crippen LogP contribution in [0.25, 0.3) is 11.3 Å². The van der Waals surface area contributed by atoms with E-state index in [0.717, 1.165) is 35.6 Å². The molecule has 0 aliphatic heterocycles. The highest BCUT2D eigenvalue weighted by Gasteiger charge is 2.23. The van der Waals surface area contributed by atoms with Crippen LogP contribution in [0.5, 0.6) is 0 Å². The molecule has 1 saturated carbocycles. The quantitative estimate of drug-likeness (QED) is 0.897. The first-order valence-electron chi connectivity index (χ1n) is 7.28. The molecule has 3 heteroatoms. The molecule has 0 bridgehead atoms. The van der Waals surface area contributed by atoms with Gasteiger partial charge in [0, 0.05) is 30.0 Å². The van der Waals surface area contributed by atoms with Crippen LogP contribution in [-0.4, -0.2) is 15.8 Å². The van der Waals surface area contributed by atoms with Gasteiger partial charge in [-0.1, -0.05) is 23.8 Å². The monoisotopic (exact) mass is 268 g/mol. The van der Waals surface area contributed by atoms with Crippen molar-refractivity contribution in [3.8, 4) is 11.3 Å². The second kappa shape index (κ2) is 5.23. The SMILES string of the molecule is Cc1cccc(-c2nc(C3CCC(=O)CC3)[nH]c2C)c1. The molecule has 0 atom stereocenters. The minimum absolute atomic E-state index is 0.392. The van der Waals surface area contributed by atoms with E-state index in [9.17, 15) is 4.79 Å². The molecule has 104 valence electrons. The highest BCUT2D eigenvalue weighted by molar-refractivity contribution is 5.79. The van der Waals surface area contributed by atoms with Crippen molar-refractivity contribution < 1.29 is 4.79 Å². The second-order valence-corrected chi connectivity index (χ2v) is 5.78. The molecule has 0 spiro atoms. The standard InChI is InChI=1S/C17H20N2O/c1-11-4-3-5-14(10-11)16-12(2)18-17(19-16)13-6-8-15(20)9-7-13/h3-5,10,13H,6-9H2,1-2H3,(H,18,19). The maximum atomic E-state index is 11.3. The van der Waals surface area contributed by atoms with E-state index in [1.54, 1.807) is 0 Å². The van der Waals surface area contributed by atoms with Crippen LogP contribution in [0.1, 0.15) is 48.7 Å². The van der Waals surface area contributed by atoms with Crippen molar-refractivity contribution in [2.45, 2.75) is 45.4 Å². The molecular weight excluding hydrogens is 248 g/mol. The molecule has 0 radical (unpaired) electrons. The lowest BCUT2D eigenvalue weighted by molar-refractivity contribution is -0.120. The average Bonchev–Trinajstić information content (AvgIpc) is 2.82. The van der Waals surface area contributed by atoms with E-state index in [-0.39, 0.29) is 0 Å². The Labute approximate surface area is 119 Å². The third kappa shape index (κ3) is 2.53. The first-order chi connectivity index (χ1) is 9.63. The molecular formula is C17H20N2O. The summed E-state index contributed by atoms with van der Waals surface area (Å²) in [5.41, 5.74) is 4.56. The van der Waals surface area contributed by atoms with E-state index in [1.165, 1.54) is 5.56 Å². The Morgan fingerprint density at radius 1 is 1.20 bits per heavy atom. The normalized spacial score (nSPS) is 16.6. The van der Waals surface area contributed by atoms with Gasteiger partial charge in [0.05, 0.1) is 5.69 Å². The third-order valence-electron chi connectivity index (χ3n) is 4.12. The van der Waals surface area contributed by atoms with Gasteiger partial charge in [0.25, 0.3) is 0 Å². The number of rotatable bonds is 2. The minimum atomic E-state index is 0.392. The fraction of sp³-hybridized carbons (Fsp3) is 0.412. The van der Waals surface area contributed by atoms with Crippen LogP contribution in [0, 0.1) is 13.8 Å². The Hall–Kier alpha value is -1.90. The number of benzene rings is 1. The van der Waals surface area contributed by atoms with Gasteiger partial charge < -0.3 is 4.98 Å². The molecule has 1 N–H and O–H groups in total. The van der Waals surface area contributed by atoms with E-state index in [2.05, 4.69) is 43.1 Å². The number of nitrogens with zero attached hydrogens (tertiary/aromatic N) is 1. The molecule has 0 saturated heterocycles. The number of aryl methyl sites for hydroxylation is 2. The highest BCUT2D eigenvalue weighted by atomic mass is 16.1. The van der Waals surface area contributed by atoms with Crippen molar-refractivity contribution in [1.82, 2.24) is 9.97 Å². The summed E-state index contributed by atoms with van der Waals surface area (Å²) in [4.78, 5) is 19.6. The van der Waals surface area contributed by atoms with Crippen molar-refractivity contribution in [2.75, 3.05) is 0 Å². The van der Waals surface area contributed by atoms with Gasteiger partial charge >= 0.3 is 0 Å². The van der Waals surface area contributed by atoms with Gasteiger partial charge in [-0.15, -0.1) is 0 Å². The van der Waals surface area contributed by atoms with Crippen LogP contribution >= 0.6 is 0 Å². The molecule has 20 heavy (non-hydrogen) atoms. The van der Waals surface area contributed by atoms with Crippen LogP contribution in [0.4, 0.5) is 0 Å². The van der Waals surface area contributed by atoms with Crippen molar-refractivity contribution in [1.29, 1.82) is 0 Å². The van der Waals surface area contributed by atoms with Gasteiger partial charge in [0.1, 0.15) is 11.6 Å². The second-order valence-electron chi connectivity index (χ2n) is 5.78. The Kier molecular flexibility index (Phi) is 3.43. The predicted molar refractivity (Wildman–Crippen MR) is 79.7 cm³/mol. The Bertz CT molecular complexity index is 632. The van der Waals surface area contributed by atoms with E-state index in [4.69, 9.17) is 4.98 Å². The lowest BCUT2D eigenvalue weighted by atomic mass is 9.88. The van der Waals surface area contributed by atoms with Crippen molar-refractivity contribution >= 4 is 5.78 Å². The number of nitrogens with one attached hydrogen (secondary N) is 1. The van der Waals surface area contributed by atoms with E-state index < -0.39 is 0 Å². The number of carbonyl (C=O) groups is 1. The van der Waals surface area contributed by atoms with Gasteiger partial charge in [-0.3, -0.25) is 4.79 Å². The first kappa shape index (κ1) is 13.1. The number of carbonyl (C=O) groups excluding carboxylic acids is 1. The van der Waals surface area contributed by atoms with Crippen LogP contribution in [0.15, 0.2) is 24.3 Å². The fourth-order valence-corrected chi connectivity index (χ4v) is 2.96. The van der Waals surface area contributed by atoms with E-state index in [1.807, 2.05) is 0 Å². The molecule has 0 unspecified atom stereocenters. The molecule has 3 rings (SSSR count). The summed E-state index contributed by atoms with van der Waals surface area (Å²) in [5.74, 6) is 1.85.